The van der Waals surface area contributed by atoms with Crippen LogP contribution in [0.3, 0.4) is 0 Å². The van der Waals surface area contributed by atoms with Crippen molar-refractivity contribution in [2.45, 2.75) is 25.7 Å². The molecule has 2 N–H and O–H groups in total. The van der Waals surface area contributed by atoms with Crippen molar-refractivity contribution in [3.05, 3.63) is 35.6 Å². The van der Waals surface area contributed by atoms with E-state index in [-0.39, 0.29) is 5.82 Å². The molecule has 2 rings (SSSR count). The molecule has 13 heavy (non-hydrogen) atoms. The topological polar surface area (TPSA) is 26.0 Å². The van der Waals surface area contributed by atoms with Crippen LogP contribution in [-0.4, -0.2) is 6.54 Å². The Balaban J connectivity index is 0.000000251. The summed E-state index contributed by atoms with van der Waals surface area (Å²) < 4.78 is 12.6. The van der Waals surface area contributed by atoms with Gasteiger partial charge < -0.3 is 5.73 Å². The van der Waals surface area contributed by atoms with Crippen LogP contribution in [0.15, 0.2) is 24.3 Å². The molecule has 1 aromatic rings. The van der Waals surface area contributed by atoms with Gasteiger partial charge in [0.05, 0.1) is 0 Å². The van der Waals surface area contributed by atoms with Gasteiger partial charge in [0.15, 0.2) is 0 Å². The highest BCUT2D eigenvalue weighted by Crippen LogP contribution is 2.39. The molecule has 1 aliphatic rings. The van der Waals surface area contributed by atoms with Gasteiger partial charge in [-0.3, -0.25) is 0 Å². The van der Waals surface area contributed by atoms with Crippen molar-refractivity contribution < 1.29 is 4.39 Å². The molecule has 1 fully saturated rings. The highest BCUT2D eigenvalue weighted by atomic mass is 19.1. The number of nitrogens with two attached hydrogens (primary N) is 1. The SMILES string of the molecule is CCN.Fc1cccc(C2CC2)c1. The Morgan fingerprint density at radius 3 is 2.54 bits per heavy atom. The van der Waals surface area contributed by atoms with Crippen molar-refractivity contribution in [1.82, 2.24) is 0 Å². The van der Waals surface area contributed by atoms with Gasteiger partial charge in [-0.1, -0.05) is 19.1 Å². The van der Waals surface area contributed by atoms with E-state index in [9.17, 15) is 4.39 Å². The van der Waals surface area contributed by atoms with Gasteiger partial charge in [0.2, 0.25) is 0 Å². The van der Waals surface area contributed by atoms with Gasteiger partial charge in [-0.05, 0) is 43.0 Å². The zero-order chi connectivity index (χ0) is 9.68. The van der Waals surface area contributed by atoms with Crippen molar-refractivity contribution in [3.63, 3.8) is 0 Å². The van der Waals surface area contributed by atoms with E-state index in [1.54, 1.807) is 12.1 Å². The van der Waals surface area contributed by atoms with Crippen LogP contribution < -0.4 is 5.73 Å². The summed E-state index contributed by atoms with van der Waals surface area (Å²) in [5.41, 5.74) is 6.01. The first-order chi connectivity index (χ1) is 6.27. The molecular formula is C11H16FN. The van der Waals surface area contributed by atoms with Crippen molar-refractivity contribution in [2.75, 3.05) is 6.54 Å². The van der Waals surface area contributed by atoms with Crippen molar-refractivity contribution in [1.29, 1.82) is 0 Å². The molecule has 1 saturated carbocycles. The second kappa shape index (κ2) is 4.97. The maximum atomic E-state index is 12.6. The fourth-order valence-corrected chi connectivity index (χ4v) is 1.18. The highest BCUT2D eigenvalue weighted by molar-refractivity contribution is 5.24. The lowest BCUT2D eigenvalue weighted by Gasteiger charge is -1.94. The smallest absolute Gasteiger partial charge is 0.123 e. The molecule has 0 spiro atoms. The van der Waals surface area contributed by atoms with Gasteiger partial charge in [-0.15, -0.1) is 0 Å². The molecule has 0 aromatic heterocycles. The largest absolute Gasteiger partial charge is 0.331 e. The third-order valence-electron chi connectivity index (χ3n) is 1.90. The Morgan fingerprint density at radius 2 is 2.08 bits per heavy atom. The first-order valence-corrected chi connectivity index (χ1v) is 4.73. The van der Waals surface area contributed by atoms with Crippen molar-refractivity contribution in [3.8, 4) is 0 Å². The van der Waals surface area contributed by atoms with E-state index in [2.05, 4.69) is 0 Å². The third kappa shape index (κ3) is 3.55. The molecule has 0 atom stereocenters. The minimum atomic E-state index is -0.107. The molecule has 0 aliphatic heterocycles. The van der Waals surface area contributed by atoms with Gasteiger partial charge in [-0.25, -0.2) is 4.39 Å². The zero-order valence-corrected chi connectivity index (χ0v) is 7.96. The fraction of sp³-hybridized carbons (Fsp3) is 0.455. The number of halogens is 1. The second-order valence-corrected chi connectivity index (χ2v) is 3.24. The Hall–Kier alpha value is -0.890. The van der Waals surface area contributed by atoms with E-state index in [1.165, 1.54) is 24.5 Å². The van der Waals surface area contributed by atoms with Gasteiger partial charge in [0.25, 0.3) is 0 Å². The molecule has 0 unspecified atom stereocenters. The maximum Gasteiger partial charge on any atom is 0.123 e. The summed E-state index contributed by atoms with van der Waals surface area (Å²) in [6.45, 7) is 2.65. The Morgan fingerprint density at radius 1 is 1.46 bits per heavy atom. The molecule has 72 valence electrons. The number of benzene rings is 1. The minimum absolute atomic E-state index is 0.107. The van der Waals surface area contributed by atoms with Gasteiger partial charge in [0.1, 0.15) is 5.82 Å². The van der Waals surface area contributed by atoms with Crippen LogP contribution in [-0.2, 0) is 0 Å². The highest BCUT2D eigenvalue weighted by Gasteiger charge is 2.23. The summed E-state index contributed by atoms with van der Waals surface area (Å²) >= 11 is 0. The normalized spacial score (nSPS) is 14.7. The van der Waals surface area contributed by atoms with Gasteiger partial charge in [-0.2, -0.15) is 0 Å². The fourth-order valence-electron chi connectivity index (χ4n) is 1.18. The summed E-state index contributed by atoms with van der Waals surface area (Å²) in [5.74, 6) is 0.556. The van der Waals surface area contributed by atoms with E-state index in [4.69, 9.17) is 5.73 Å². The lowest BCUT2D eigenvalue weighted by molar-refractivity contribution is 0.625. The van der Waals surface area contributed by atoms with E-state index in [0.29, 0.717) is 5.92 Å². The quantitative estimate of drug-likeness (QED) is 0.708. The van der Waals surface area contributed by atoms with Gasteiger partial charge in [0, 0.05) is 0 Å². The first kappa shape index (κ1) is 10.2. The molecule has 0 radical (unpaired) electrons. The molecule has 0 heterocycles. The molecule has 0 bridgehead atoms. The van der Waals surface area contributed by atoms with Crippen LogP contribution >= 0.6 is 0 Å². The Labute approximate surface area is 78.8 Å². The standard InChI is InChI=1S/C9H9F.C2H7N/c10-9-3-1-2-8(6-9)7-4-5-7;1-2-3/h1-3,6-7H,4-5H2;2-3H2,1H3. The molecular weight excluding hydrogens is 165 g/mol. The number of rotatable bonds is 1. The summed E-state index contributed by atoms with van der Waals surface area (Å²) in [7, 11) is 0. The monoisotopic (exact) mass is 181 g/mol. The second-order valence-electron chi connectivity index (χ2n) is 3.24. The van der Waals surface area contributed by atoms with E-state index in [0.717, 1.165) is 6.54 Å². The predicted octanol–water partition coefficient (Wildman–Crippen LogP) is 2.67. The summed E-state index contributed by atoms with van der Waals surface area (Å²) in [6.07, 6.45) is 2.48. The van der Waals surface area contributed by atoms with Crippen molar-refractivity contribution >= 4 is 0 Å². The van der Waals surface area contributed by atoms with Crippen LogP contribution in [0.25, 0.3) is 0 Å². The lowest BCUT2D eigenvalue weighted by atomic mass is 10.1. The van der Waals surface area contributed by atoms with E-state index < -0.39 is 0 Å². The average Bonchev–Trinajstić information content (AvgIpc) is 2.87. The van der Waals surface area contributed by atoms with Crippen molar-refractivity contribution in [2.24, 2.45) is 5.73 Å². The average molecular weight is 181 g/mol. The zero-order valence-electron chi connectivity index (χ0n) is 7.96. The van der Waals surface area contributed by atoms with Crippen LogP contribution in [0.1, 0.15) is 31.2 Å². The summed E-state index contributed by atoms with van der Waals surface area (Å²) in [5, 5.41) is 0. The maximum absolute atomic E-state index is 12.6. The summed E-state index contributed by atoms with van der Waals surface area (Å²) in [4.78, 5) is 0. The molecule has 1 nitrogen and oxygen atoms in total. The number of hydrogen-bond donors (Lipinski definition) is 1. The number of hydrogen-bond acceptors (Lipinski definition) is 1. The van der Waals surface area contributed by atoms with E-state index in [1.807, 2.05) is 13.0 Å². The first-order valence-electron chi connectivity index (χ1n) is 4.73. The van der Waals surface area contributed by atoms with E-state index >= 15 is 0 Å². The third-order valence-corrected chi connectivity index (χ3v) is 1.90. The Kier molecular flexibility index (Phi) is 3.90. The molecule has 1 aliphatic carbocycles. The lowest BCUT2D eigenvalue weighted by Crippen LogP contribution is -1.87. The van der Waals surface area contributed by atoms with Crippen LogP contribution in [0.2, 0.25) is 0 Å². The Bertz CT molecular complexity index is 256. The summed E-state index contributed by atoms with van der Waals surface area (Å²) in [6, 6.07) is 6.91. The molecule has 2 heteroatoms. The van der Waals surface area contributed by atoms with Crippen LogP contribution in [0, 0.1) is 5.82 Å². The minimum Gasteiger partial charge on any atom is -0.331 e. The predicted molar refractivity (Wildman–Crippen MR) is 53.1 cm³/mol. The van der Waals surface area contributed by atoms with Gasteiger partial charge >= 0.3 is 0 Å². The van der Waals surface area contributed by atoms with Crippen LogP contribution in [0.5, 0.6) is 0 Å². The molecule has 1 aromatic carbocycles. The molecule has 0 amide bonds. The molecule has 0 saturated heterocycles. The van der Waals surface area contributed by atoms with Crippen LogP contribution in [0.4, 0.5) is 4.39 Å².